The number of rotatable bonds is 4. The van der Waals surface area contributed by atoms with Crippen molar-refractivity contribution in [1.29, 1.82) is 0 Å². The number of amides is 1. The zero-order valence-electron chi connectivity index (χ0n) is 17.4. The molecule has 6 nitrogen and oxygen atoms in total. The highest BCUT2D eigenvalue weighted by atomic mass is 16.7. The SMILES string of the molecule is Cc1cccc([C@H]2c3[nH]c4ccccc4c3CCN2C(=O)CCN2CCCCO2)n1. The van der Waals surface area contributed by atoms with Gasteiger partial charge in [0.1, 0.15) is 6.04 Å². The maximum Gasteiger partial charge on any atom is 0.224 e. The van der Waals surface area contributed by atoms with E-state index < -0.39 is 0 Å². The molecule has 1 saturated heterocycles. The monoisotopic (exact) mass is 404 g/mol. The van der Waals surface area contributed by atoms with E-state index >= 15 is 0 Å². The molecule has 2 aliphatic heterocycles. The van der Waals surface area contributed by atoms with E-state index in [4.69, 9.17) is 9.82 Å². The number of pyridine rings is 1. The lowest BCUT2D eigenvalue weighted by Gasteiger charge is -2.36. The fraction of sp³-hybridized carbons (Fsp3) is 0.417. The van der Waals surface area contributed by atoms with Crippen LogP contribution in [0.15, 0.2) is 42.5 Å². The first-order chi connectivity index (χ1) is 14.7. The number of nitrogens with one attached hydrogen (secondary N) is 1. The Morgan fingerprint density at radius 3 is 2.90 bits per heavy atom. The van der Waals surface area contributed by atoms with Crippen molar-refractivity contribution in [1.82, 2.24) is 19.9 Å². The van der Waals surface area contributed by atoms with Gasteiger partial charge in [0.25, 0.3) is 0 Å². The summed E-state index contributed by atoms with van der Waals surface area (Å²) in [6.45, 7) is 5.00. The molecule has 0 saturated carbocycles. The lowest BCUT2D eigenvalue weighted by molar-refractivity contribution is -0.182. The van der Waals surface area contributed by atoms with Crippen molar-refractivity contribution in [3.8, 4) is 0 Å². The Balaban J connectivity index is 1.47. The predicted octanol–water partition coefficient (Wildman–Crippen LogP) is 3.76. The van der Waals surface area contributed by atoms with Gasteiger partial charge in [-0.05, 0) is 49.9 Å². The summed E-state index contributed by atoms with van der Waals surface area (Å²) in [5, 5.41) is 3.19. The Bertz CT molecular complexity index is 1050. The Labute approximate surface area is 176 Å². The summed E-state index contributed by atoms with van der Waals surface area (Å²) >= 11 is 0. The van der Waals surface area contributed by atoms with Crippen molar-refractivity contribution in [2.45, 2.75) is 38.6 Å². The predicted molar refractivity (Wildman–Crippen MR) is 116 cm³/mol. The number of hydrogen-bond acceptors (Lipinski definition) is 4. The minimum atomic E-state index is -0.184. The summed E-state index contributed by atoms with van der Waals surface area (Å²) in [7, 11) is 0. The van der Waals surface area contributed by atoms with Gasteiger partial charge in [0.05, 0.1) is 12.3 Å². The van der Waals surface area contributed by atoms with Crippen molar-refractivity contribution in [3.05, 3.63) is 65.1 Å². The van der Waals surface area contributed by atoms with Gasteiger partial charge in [-0.2, -0.15) is 5.06 Å². The number of benzene rings is 1. The molecule has 1 aromatic carbocycles. The molecule has 1 amide bonds. The van der Waals surface area contributed by atoms with Crippen molar-refractivity contribution in [3.63, 3.8) is 0 Å². The number of carbonyl (C=O) groups excluding carboxylic acids is 1. The third-order valence-electron chi connectivity index (χ3n) is 6.20. The highest BCUT2D eigenvalue weighted by Crippen LogP contribution is 2.38. The Hall–Kier alpha value is -2.70. The second kappa shape index (κ2) is 8.20. The molecule has 0 spiro atoms. The van der Waals surface area contributed by atoms with Crippen molar-refractivity contribution in [2.24, 2.45) is 0 Å². The number of nitrogens with zero attached hydrogens (tertiary/aromatic N) is 3. The Kier molecular flexibility index (Phi) is 5.27. The summed E-state index contributed by atoms with van der Waals surface area (Å²) in [6, 6.07) is 14.3. The maximum atomic E-state index is 13.3. The molecule has 30 heavy (non-hydrogen) atoms. The number of aromatic nitrogens is 2. The quantitative estimate of drug-likeness (QED) is 0.719. The Morgan fingerprint density at radius 2 is 2.07 bits per heavy atom. The Morgan fingerprint density at radius 1 is 1.17 bits per heavy atom. The molecule has 156 valence electrons. The topological polar surface area (TPSA) is 61.5 Å². The molecule has 0 radical (unpaired) electrons. The van der Waals surface area contributed by atoms with Crippen LogP contribution in [0.1, 0.15) is 47.9 Å². The average molecular weight is 405 g/mol. The van der Waals surface area contributed by atoms with Gasteiger partial charge in [-0.1, -0.05) is 24.3 Å². The normalized spacial score (nSPS) is 19.8. The van der Waals surface area contributed by atoms with E-state index in [1.54, 1.807) is 0 Å². The molecule has 1 fully saturated rings. The van der Waals surface area contributed by atoms with Crippen molar-refractivity contribution < 1.29 is 9.63 Å². The van der Waals surface area contributed by atoms with E-state index in [9.17, 15) is 4.79 Å². The molecular formula is C24H28N4O2. The summed E-state index contributed by atoms with van der Waals surface area (Å²) in [5.74, 6) is 0.154. The van der Waals surface area contributed by atoms with E-state index in [1.165, 1.54) is 10.9 Å². The fourth-order valence-corrected chi connectivity index (χ4v) is 4.72. The molecule has 2 aromatic heterocycles. The van der Waals surface area contributed by atoms with Gasteiger partial charge >= 0.3 is 0 Å². The lowest BCUT2D eigenvalue weighted by Crippen LogP contribution is -2.42. The van der Waals surface area contributed by atoms with Crippen LogP contribution in [0.4, 0.5) is 0 Å². The number of aryl methyl sites for hydroxylation is 1. The number of aromatic amines is 1. The molecule has 1 N–H and O–H groups in total. The largest absolute Gasteiger partial charge is 0.356 e. The maximum absolute atomic E-state index is 13.3. The van der Waals surface area contributed by atoms with Crippen molar-refractivity contribution in [2.75, 3.05) is 26.2 Å². The summed E-state index contributed by atoms with van der Waals surface area (Å²) in [5.41, 5.74) is 5.41. The molecule has 0 bridgehead atoms. The number of carbonyl (C=O) groups is 1. The molecule has 4 heterocycles. The minimum absolute atomic E-state index is 0.154. The average Bonchev–Trinajstić information content (AvgIpc) is 3.16. The van der Waals surface area contributed by atoms with Crippen LogP contribution in [0.2, 0.25) is 0 Å². The first-order valence-electron chi connectivity index (χ1n) is 10.9. The van der Waals surface area contributed by atoms with Crippen LogP contribution in [0.3, 0.4) is 0 Å². The van der Waals surface area contributed by atoms with Crippen LogP contribution in [0, 0.1) is 6.92 Å². The van der Waals surface area contributed by atoms with Gasteiger partial charge in [-0.25, -0.2) is 0 Å². The van der Waals surface area contributed by atoms with E-state index in [-0.39, 0.29) is 11.9 Å². The molecular weight excluding hydrogens is 376 g/mol. The van der Waals surface area contributed by atoms with E-state index in [1.807, 2.05) is 41.2 Å². The third-order valence-corrected chi connectivity index (χ3v) is 6.20. The van der Waals surface area contributed by atoms with Crippen LogP contribution >= 0.6 is 0 Å². The fourth-order valence-electron chi connectivity index (χ4n) is 4.72. The smallest absolute Gasteiger partial charge is 0.224 e. The van der Waals surface area contributed by atoms with Crippen molar-refractivity contribution >= 4 is 16.8 Å². The van der Waals surface area contributed by atoms with Gasteiger partial charge in [0.15, 0.2) is 0 Å². The van der Waals surface area contributed by atoms with Crippen LogP contribution in [0.25, 0.3) is 10.9 Å². The third kappa shape index (κ3) is 3.61. The standard InChI is InChI=1S/C24H28N4O2/c1-17-7-6-10-21(25-17)24-23-19(18-8-2-3-9-20(18)26-23)11-15-28(24)22(29)12-14-27-13-4-5-16-30-27/h2-3,6-10,24,26H,4-5,11-16H2,1H3/t24-/m0/s1. The minimum Gasteiger partial charge on any atom is -0.356 e. The van der Waals surface area contributed by atoms with Gasteiger partial charge in [0.2, 0.25) is 5.91 Å². The summed E-state index contributed by atoms with van der Waals surface area (Å²) in [4.78, 5) is 29.4. The molecule has 0 unspecified atom stereocenters. The number of para-hydroxylation sites is 1. The number of hydroxylamine groups is 2. The number of hydrogen-bond donors (Lipinski definition) is 1. The van der Waals surface area contributed by atoms with Gasteiger partial charge < -0.3 is 9.88 Å². The van der Waals surface area contributed by atoms with E-state index in [0.29, 0.717) is 19.5 Å². The zero-order valence-corrected chi connectivity index (χ0v) is 17.4. The number of fused-ring (bicyclic) bond motifs is 3. The molecule has 3 aromatic rings. The summed E-state index contributed by atoms with van der Waals surface area (Å²) in [6.07, 6.45) is 3.54. The number of H-pyrrole nitrogens is 1. The molecule has 0 aliphatic carbocycles. The molecule has 1 atom stereocenters. The summed E-state index contributed by atoms with van der Waals surface area (Å²) < 4.78 is 0. The van der Waals surface area contributed by atoms with Crippen LogP contribution < -0.4 is 0 Å². The van der Waals surface area contributed by atoms with Gasteiger partial charge in [-0.15, -0.1) is 0 Å². The van der Waals surface area contributed by atoms with Crippen LogP contribution in [-0.2, 0) is 16.1 Å². The van der Waals surface area contributed by atoms with Crippen LogP contribution in [-0.4, -0.2) is 52.1 Å². The van der Waals surface area contributed by atoms with E-state index in [0.717, 1.165) is 55.0 Å². The highest BCUT2D eigenvalue weighted by Gasteiger charge is 2.35. The van der Waals surface area contributed by atoms with Crippen LogP contribution in [0.5, 0.6) is 0 Å². The van der Waals surface area contributed by atoms with Gasteiger partial charge in [-0.3, -0.25) is 14.6 Å². The van der Waals surface area contributed by atoms with Gasteiger partial charge in [0, 0.05) is 48.3 Å². The first-order valence-corrected chi connectivity index (χ1v) is 10.9. The van der Waals surface area contributed by atoms with E-state index in [2.05, 4.69) is 23.2 Å². The second-order valence-corrected chi connectivity index (χ2v) is 8.23. The highest BCUT2D eigenvalue weighted by molar-refractivity contribution is 5.86. The molecule has 5 rings (SSSR count). The molecule has 6 heteroatoms. The zero-order chi connectivity index (χ0) is 20.5. The second-order valence-electron chi connectivity index (χ2n) is 8.23. The lowest BCUT2D eigenvalue weighted by atomic mass is 9.94. The first kappa shape index (κ1) is 19.3. The molecule has 2 aliphatic rings.